The van der Waals surface area contributed by atoms with E-state index in [-0.39, 0.29) is 5.91 Å². The number of fused-ring (bicyclic) bond motifs is 2. The van der Waals surface area contributed by atoms with Crippen molar-refractivity contribution in [2.75, 3.05) is 0 Å². The summed E-state index contributed by atoms with van der Waals surface area (Å²) < 4.78 is 1.83. The van der Waals surface area contributed by atoms with E-state index >= 15 is 0 Å². The summed E-state index contributed by atoms with van der Waals surface area (Å²) >= 11 is 13.1. The van der Waals surface area contributed by atoms with Gasteiger partial charge in [0.2, 0.25) is 0 Å². The van der Waals surface area contributed by atoms with Gasteiger partial charge in [0, 0.05) is 17.1 Å². The lowest BCUT2D eigenvalue weighted by Crippen LogP contribution is -2.47. The Balaban J connectivity index is 1.37. The fourth-order valence-electron chi connectivity index (χ4n) is 5.78. The van der Waals surface area contributed by atoms with E-state index in [4.69, 9.17) is 23.2 Å². The molecule has 6 rings (SSSR count). The van der Waals surface area contributed by atoms with Gasteiger partial charge in [-0.1, -0.05) is 64.7 Å². The van der Waals surface area contributed by atoms with E-state index in [1.807, 2.05) is 35.8 Å². The van der Waals surface area contributed by atoms with Crippen LogP contribution in [-0.2, 0) is 12.0 Å². The van der Waals surface area contributed by atoms with E-state index in [1.54, 1.807) is 18.5 Å². The van der Waals surface area contributed by atoms with E-state index in [2.05, 4.69) is 46.7 Å². The molecule has 3 aromatic carbocycles. The summed E-state index contributed by atoms with van der Waals surface area (Å²) in [6, 6.07) is 19.9. The average molecular weight is 529 g/mol. The fourth-order valence-corrected chi connectivity index (χ4v) is 6.24. The Kier molecular flexibility index (Phi) is 5.93. The number of aromatic nitrogens is 3. The first-order valence-corrected chi connectivity index (χ1v) is 13.1. The van der Waals surface area contributed by atoms with Gasteiger partial charge >= 0.3 is 0 Å². The van der Waals surface area contributed by atoms with Gasteiger partial charge in [-0.2, -0.15) is 0 Å². The summed E-state index contributed by atoms with van der Waals surface area (Å²) in [5.74, 6) is 0.537. The first kappa shape index (κ1) is 24.0. The number of hydrogen-bond acceptors (Lipinski definition) is 3. The van der Waals surface area contributed by atoms with Crippen LogP contribution in [0.15, 0.2) is 72.6 Å². The van der Waals surface area contributed by atoms with E-state index in [9.17, 15) is 4.79 Å². The number of halogens is 2. The molecule has 1 atom stereocenters. The van der Waals surface area contributed by atoms with Crippen molar-refractivity contribution < 1.29 is 4.79 Å². The van der Waals surface area contributed by atoms with Crippen LogP contribution in [0, 0.1) is 13.8 Å². The highest BCUT2D eigenvalue weighted by Crippen LogP contribution is 2.49. The molecule has 0 aliphatic heterocycles. The molecular formula is C30H26Cl2N4O. The zero-order valence-electron chi connectivity index (χ0n) is 20.7. The number of aryl methyl sites for hydroxylation is 2. The number of rotatable bonds is 4. The highest BCUT2D eigenvalue weighted by Gasteiger charge is 2.41. The van der Waals surface area contributed by atoms with Crippen LogP contribution in [0.1, 0.15) is 57.7 Å². The second kappa shape index (κ2) is 9.16. The highest BCUT2D eigenvalue weighted by molar-refractivity contribution is 6.34. The number of carbonyl (C=O) groups is 1. The molecule has 0 fully saturated rings. The predicted octanol–water partition coefficient (Wildman–Crippen LogP) is 7.01. The van der Waals surface area contributed by atoms with Crippen molar-refractivity contribution in [1.82, 2.24) is 20.1 Å². The second-order valence-corrected chi connectivity index (χ2v) is 10.9. The van der Waals surface area contributed by atoms with E-state index < -0.39 is 5.54 Å². The van der Waals surface area contributed by atoms with Gasteiger partial charge in [0.05, 0.1) is 16.1 Å². The van der Waals surface area contributed by atoms with E-state index in [0.29, 0.717) is 22.0 Å². The number of nitrogens with zero attached hydrogens (tertiary/aromatic N) is 3. The average Bonchev–Trinajstić information content (AvgIpc) is 3.46. The predicted molar refractivity (Wildman–Crippen MR) is 147 cm³/mol. The molecular weight excluding hydrogens is 503 g/mol. The smallest absolute Gasteiger partial charge is 0.253 e. The Morgan fingerprint density at radius 1 is 1.05 bits per heavy atom. The van der Waals surface area contributed by atoms with Crippen molar-refractivity contribution in [1.29, 1.82) is 0 Å². The molecule has 0 radical (unpaired) electrons. The number of amides is 1. The second-order valence-electron chi connectivity index (χ2n) is 10.1. The zero-order valence-corrected chi connectivity index (χ0v) is 22.2. The van der Waals surface area contributed by atoms with Crippen LogP contribution in [0.3, 0.4) is 0 Å². The molecule has 0 saturated carbocycles. The van der Waals surface area contributed by atoms with Crippen LogP contribution in [-0.4, -0.2) is 20.7 Å². The molecule has 0 spiro atoms. The number of carbonyl (C=O) groups excluding carboxylic acids is 1. The summed E-state index contributed by atoms with van der Waals surface area (Å²) in [5.41, 5.74) is 8.40. The largest absolute Gasteiger partial charge is 0.342 e. The minimum atomic E-state index is -0.597. The maximum Gasteiger partial charge on any atom is 0.253 e. The molecule has 37 heavy (non-hydrogen) atoms. The van der Waals surface area contributed by atoms with Gasteiger partial charge in [-0.05, 0) is 85.7 Å². The molecule has 1 heterocycles. The SMILES string of the molecule is Cc1ccc2c(c1)CC1=C2CC(NC(=O)c2ccc(-n3cnnc3C)cc2Cl)(c2cccc(Cl)c2)CC1. The third-order valence-corrected chi connectivity index (χ3v) is 8.22. The molecule has 5 nitrogen and oxygen atoms in total. The normalized spacial score (nSPS) is 18.5. The summed E-state index contributed by atoms with van der Waals surface area (Å²) in [4.78, 5) is 13.8. The summed E-state index contributed by atoms with van der Waals surface area (Å²) in [6.45, 7) is 4.00. The highest BCUT2D eigenvalue weighted by atomic mass is 35.5. The third-order valence-electron chi connectivity index (χ3n) is 7.67. The summed E-state index contributed by atoms with van der Waals surface area (Å²) in [6.07, 6.45) is 5.03. The Labute approximate surface area is 226 Å². The summed E-state index contributed by atoms with van der Waals surface area (Å²) in [7, 11) is 0. The Hall–Kier alpha value is -3.41. The van der Waals surface area contributed by atoms with Gasteiger partial charge in [-0.3, -0.25) is 9.36 Å². The molecule has 1 amide bonds. The molecule has 2 aliphatic rings. The zero-order chi connectivity index (χ0) is 25.7. The van der Waals surface area contributed by atoms with Crippen LogP contribution in [0.4, 0.5) is 0 Å². The quantitative estimate of drug-likeness (QED) is 0.309. The van der Waals surface area contributed by atoms with Gasteiger partial charge in [0.1, 0.15) is 12.2 Å². The molecule has 1 aromatic heterocycles. The van der Waals surface area contributed by atoms with Crippen LogP contribution < -0.4 is 5.32 Å². The monoisotopic (exact) mass is 528 g/mol. The van der Waals surface area contributed by atoms with Crippen LogP contribution in [0.5, 0.6) is 0 Å². The van der Waals surface area contributed by atoms with Crippen LogP contribution in [0.25, 0.3) is 11.3 Å². The standard InChI is InChI=1S/C30H26Cl2N4O/c1-18-6-8-25-21(12-18)13-20-10-11-30(16-27(20)25,22-4-3-5-23(31)14-22)34-29(37)26-9-7-24(15-28(26)32)36-17-33-35-19(36)2/h3-9,12,14-15,17H,10-11,13,16H2,1-2H3,(H,34,37). The molecule has 7 heteroatoms. The van der Waals surface area contributed by atoms with Crippen molar-refractivity contribution in [3.63, 3.8) is 0 Å². The number of benzene rings is 3. The van der Waals surface area contributed by atoms with E-state index in [1.165, 1.54) is 27.8 Å². The van der Waals surface area contributed by atoms with Gasteiger partial charge in [0.25, 0.3) is 5.91 Å². The lowest BCUT2D eigenvalue weighted by molar-refractivity contribution is 0.0890. The van der Waals surface area contributed by atoms with Gasteiger partial charge in [0.15, 0.2) is 0 Å². The lowest BCUT2D eigenvalue weighted by Gasteiger charge is -2.40. The maximum absolute atomic E-state index is 13.8. The fraction of sp³-hybridized carbons (Fsp3) is 0.233. The molecule has 1 N–H and O–H groups in total. The molecule has 186 valence electrons. The Morgan fingerprint density at radius 3 is 2.68 bits per heavy atom. The third kappa shape index (κ3) is 4.26. The lowest BCUT2D eigenvalue weighted by atomic mass is 9.73. The molecule has 0 saturated heterocycles. The number of allylic oxidation sites excluding steroid dienone is 1. The maximum atomic E-state index is 13.8. The Morgan fingerprint density at radius 2 is 1.92 bits per heavy atom. The van der Waals surface area contributed by atoms with Crippen molar-refractivity contribution in [3.05, 3.63) is 116 Å². The van der Waals surface area contributed by atoms with Crippen molar-refractivity contribution in [2.45, 2.75) is 45.1 Å². The first-order valence-electron chi connectivity index (χ1n) is 12.4. The van der Waals surface area contributed by atoms with E-state index in [0.717, 1.165) is 36.3 Å². The number of hydrogen-bond donors (Lipinski definition) is 1. The molecule has 4 aromatic rings. The van der Waals surface area contributed by atoms with Crippen LogP contribution >= 0.6 is 23.2 Å². The number of nitrogens with one attached hydrogen (secondary N) is 1. The van der Waals surface area contributed by atoms with Crippen molar-refractivity contribution in [3.8, 4) is 5.69 Å². The van der Waals surface area contributed by atoms with Crippen LogP contribution in [0.2, 0.25) is 10.0 Å². The summed E-state index contributed by atoms with van der Waals surface area (Å²) in [5, 5.41) is 12.4. The van der Waals surface area contributed by atoms with Gasteiger partial charge < -0.3 is 5.32 Å². The topological polar surface area (TPSA) is 59.8 Å². The van der Waals surface area contributed by atoms with Crippen molar-refractivity contribution in [2.24, 2.45) is 0 Å². The van der Waals surface area contributed by atoms with Gasteiger partial charge in [-0.25, -0.2) is 0 Å². The Bertz CT molecular complexity index is 1590. The van der Waals surface area contributed by atoms with Crippen molar-refractivity contribution >= 4 is 34.7 Å². The molecule has 1 unspecified atom stereocenters. The molecule has 0 bridgehead atoms. The first-order chi connectivity index (χ1) is 17.8. The minimum absolute atomic E-state index is 0.205. The van der Waals surface area contributed by atoms with Gasteiger partial charge in [-0.15, -0.1) is 10.2 Å². The minimum Gasteiger partial charge on any atom is -0.342 e. The molecule has 2 aliphatic carbocycles.